The molecule has 124 valence electrons. The molecule has 0 saturated heterocycles. The summed E-state index contributed by atoms with van der Waals surface area (Å²) >= 11 is 1.82. The van der Waals surface area contributed by atoms with Gasteiger partial charge in [0.05, 0.1) is 10.5 Å². The standard InChI is InChI=1S/C23H16NOS/c1-13-20-15(8-7-14-5-3-4-6-16(14)20)11-18-21(13)23-22-17(9-10-24(23)2)25-12-19(22)26-18/h3-12H,1-2H3/q+1. The Bertz CT molecular complexity index is 1380. The first kappa shape index (κ1) is 14.4. The quantitative estimate of drug-likeness (QED) is 0.246. The van der Waals surface area contributed by atoms with Gasteiger partial charge in [0.15, 0.2) is 6.20 Å². The summed E-state index contributed by atoms with van der Waals surface area (Å²) in [5.41, 5.74) is 4.90. The van der Waals surface area contributed by atoms with Crippen LogP contribution in [0.25, 0.3) is 43.8 Å². The van der Waals surface area contributed by atoms with Crippen LogP contribution >= 0.6 is 11.8 Å². The summed E-state index contributed by atoms with van der Waals surface area (Å²) in [5.74, 6) is 0. The molecule has 2 aromatic heterocycles. The van der Waals surface area contributed by atoms with E-state index < -0.39 is 0 Å². The lowest BCUT2D eigenvalue weighted by molar-refractivity contribution is -0.659. The van der Waals surface area contributed by atoms with E-state index in [1.165, 1.54) is 53.5 Å². The number of nitrogens with zero attached hydrogens (tertiary/aromatic N) is 1. The van der Waals surface area contributed by atoms with Crippen LogP contribution in [0.3, 0.4) is 0 Å². The van der Waals surface area contributed by atoms with Crippen LogP contribution in [0.2, 0.25) is 0 Å². The predicted molar refractivity (Wildman–Crippen MR) is 107 cm³/mol. The van der Waals surface area contributed by atoms with E-state index in [-0.39, 0.29) is 0 Å². The van der Waals surface area contributed by atoms with Crippen molar-refractivity contribution < 1.29 is 8.98 Å². The third-order valence-corrected chi connectivity index (χ3v) is 6.59. The minimum absolute atomic E-state index is 0.962. The average molecular weight is 354 g/mol. The maximum Gasteiger partial charge on any atom is 0.226 e. The zero-order valence-corrected chi connectivity index (χ0v) is 15.4. The number of aryl methyl sites for hydroxylation is 2. The fraction of sp³-hybridized carbons (Fsp3) is 0.0870. The van der Waals surface area contributed by atoms with Crippen LogP contribution in [-0.4, -0.2) is 0 Å². The lowest BCUT2D eigenvalue weighted by atomic mass is 9.92. The van der Waals surface area contributed by atoms with Crippen LogP contribution in [0.5, 0.6) is 0 Å². The van der Waals surface area contributed by atoms with Gasteiger partial charge in [-0.15, -0.1) is 0 Å². The molecule has 0 spiro atoms. The summed E-state index contributed by atoms with van der Waals surface area (Å²) in [6.45, 7) is 2.26. The Kier molecular flexibility index (Phi) is 2.71. The van der Waals surface area contributed by atoms with Crippen LogP contribution in [0, 0.1) is 6.92 Å². The SMILES string of the molecule is Cc1c2c(cc3ccc4ccccc4c13)Sc1coc3cc[n+](C)c-2c13. The molecule has 0 saturated carbocycles. The van der Waals surface area contributed by atoms with Gasteiger partial charge in [-0.3, -0.25) is 0 Å². The van der Waals surface area contributed by atoms with E-state index in [2.05, 4.69) is 73.3 Å². The highest BCUT2D eigenvalue weighted by molar-refractivity contribution is 7.99. The number of fused-ring (bicyclic) bond motifs is 5. The molecule has 6 rings (SSSR count). The second-order valence-electron chi connectivity index (χ2n) is 6.98. The van der Waals surface area contributed by atoms with Crippen molar-refractivity contribution in [1.82, 2.24) is 0 Å². The molecule has 0 fully saturated rings. The average Bonchev–Trinajstić information content (AvgIpc) is 3.07. The molecule has 0 unspecified atom stereocenters. The highest BCUT2D eigenvalue weighted by atomic mass is 32.2. The summed E-state index contributed by atoms with van der Waals surface area (Å²) in [6.07, 6.45) is 3.99. The first-order valence-corrected chi connectivity index (χ1v) is 9.57. The van der Waals surface area contributed by atoms with Crippen LogP contribution in [0.4, 0.5) is 0 Å². The second-order valence-corrected chi connectivity index (χ2v) is 8.06. The largest absolute Gasteiger partial charge is 0.463 e. The second kappa shape index (κ2) is 4.89. The molecule has 2 nitrogen and oxygen atoms in total. The Hall–Kier alpha value is -2.78. The summed E-state index contributed by atoms with van der Waals surface area (Å²) < 4.78 is 8.05. The van der Waals surface area contributed by atoms with E-state index in [4.69, 9.17) is 4.42 Å². The third kappa shape index (κ3) is 1.71. The molecule has 3 heteroatoms. The van der Waals surface area contributed by atoms with Gasteiger partial charge in [0.2, 0.25) is 5.69 Å². The highest BCUT2D eigenvalue weighted by Gasteiger charge is 2.31. The molecular weight excluding hydrogens is 338 g/mol. The number of rotatable bonds is 0. The van der Waals surface area contributed by atoms with Gasteiger partial charge in [-0.2, -0.15) is 0 Å². The highest BCUT2D eigenvalue weighted by Crippen LogP contribution is 2.50. The fourth-order valence-corrected chi connectivity index (χ4v) is 5.53. The Balaban J connectivity index is 1.85. The van der Waals surface area contributed by atoms with Crippen molar-refractivity contribution in [2.24, 2.45) is 7.05 Å². The van der Waals surface area contributed by atoms with Gasteiger partial charge in [-0.25, -0.2) is 4.57 Å². The van der Waals surface area contributed by atoms with Gasteiger partial charge < -0.3 is 4.42 Å². The van der Waals surface area contributed by atoms with Gasteiger partial charge in [-0.05, 0) is 40.1 Å². The molecule has 0 bridgehead atoms. The van der Waals surface area contributed by atoms with Crippen molar-refractivity contribution in [2.45, 2.75) is 16.7 Å². The Labute approximate surface area is 155 Å². The summed E-state index contributed by atoms with van der Waals surface area (Å²) in [6, 6.07) is 17.5. The summed E-state index contributed by atoms with van der Waals surface area (Å²) in [4.78, 5) is 2.51. The molecule has 0 N–H and O–H groups in total. The number of aromatic nitrogens is 1. The smallest absolute Gasteiger partial charge is 0.226 e. The first-order chi connectivity index (χ1) is 12.7. The zero-order valence-electron chi connectivity index (χ0n) is 14.5. The molecule has 0 amide bonds. The predicted octanol–water partition coefficient (Wildman–Crippen LogP) is 6.00. The number of hydrogen-bond acceptors (Lipinski definition) is 2. The third-order valence-electron chi connectivity index (χ3n) is 5.53. The van der Waals surface area contributed by atoms with Crippen molar-refractivity contribution in [2.75, 3.05) is 0 Å². The zero-order chi connectivity index (χ0) is 17.4. The molecule has 0 atom stereocenters. The fourth-order valence-electron chi connectivity index (χ4n) is 4.36. The first-order valence-electron chi connectivity index (χ1n) is 8.75. The van der Waals surface area contributed by atoms with Crippen LogP contribution in [0.15, 0.2) is 75.2 Å². The monoisotopic (exact) mass is 354 g/mol. The van der Waals surface area contributed by atoms with Gasteiger partial charge in [0.1, 0.15) is 24.3 Å². The van der Waals surface area contributed by atoms with Crippen molar-refractivity contribution >= 4 is 44.3 Å². The minimum atomic E-state index is 0.962. The molecule has 3 heterocycles. The van der Waals surface area contributed by atoms with Gasteiger partial charge in [0, 0.05) is 11.0 Å². The molecule has 3 aromatic carbocycles. The summed E-state index contributed by atoms with van der Waals surface area (Å²) in [7, 11) is 2.12. The Morgan fingerprint density at radius 3 is 2.69 bits per heavy atom. The van der Waals surface area contributed by atoms with Crippen molar-refractivity contribution in [3.8, 4) is 11.3 Å². The number of benzene rings is 3. The van der Waals surface area contributed by atoms with Crippen molar-refractivity contribution in [3.05, 3.63) is 66.6 Å². The van der Waals surface area contributed by atoms with E-state index in [1.54, 1.807) is 0 Å². The normalized spacial score (nSPS) is 12.8. The molecule has 1 aliphatic rings. The lowest BCUT2D eigenvalue weighted by Gasteiger charge is -2.19. The van der Waals surface area contributed by atoms with Crippen LogP contribution in [0.1, 0.15) is 5.56 Å². The van der Waals surface area contributed by atoms with Gasteiger partial charge in [-0.1, -0.05) is 48.2 Å². The Morgan fingerprint density at radius 1 is 0.923 bits per heavy atom. The molecular formula is C23H16NOS+. The molecule has 0 radical (unpaired) electrons. The molecule has 5 aromatic rings. The van der Waals surface area contributed by atoms with E-state index >= 15 is 0 Å². The number of pyridine rings is 1. The minimum Gasteiger partial charge on any atom is -0.463 e. The number of furan rings is 1. The molecule has 0 aliphatic carbocycles. The van der Waals surface area contributed by atoms with Gasteiger partial charge in [0.25, 0.3) is 0 Å². The van der Waals surface area contributed by atoms with E-state index in [0.717, 1.165) is 5.58 Å². The van der Waals surface area contributed by atoms with Gasteiger partial charge >= 0.3 is 0 Å². The van der Waals surface area contributed by atoms with E-state index in [1.807, 2.05) is 18.0 Å². The van der Waals surface area contributed by atoms with Crippen LogP contribution in [-0.2, 0) is 7.05 Å². The maximum atomic E-state index is 5.82. The molecule has 1 aliphatic heterocycles. The van der Waals surface area contributed by atoms with E-state index in [9.17, 15) is 0 Å². The lowest BCUT2D eigenvalue weighted by Crippen LogP contribution is -2.31. The van der Waals surface area contributed by atoms with Crippen molar-refractivity contribution in [3.63, 3.8) is 0 Å². The number of hydrogen-bond donors (Lipinski definition) is 0. The Morgan fingerprint density at radius 2 is 1.77 bits per heavy atom. The van der Waals surface area contributed by atoms with E-state index in [0.29, 0.717) is 0 Å². The van der Waals surface area contributed by atoms with Crippen molar-refractivity contribution in [1.29, 1.82) is 0 Å². The summed E-state index contributed by atoms with van der Waals surface area (Å²) in [5, 5.41) is 6.50. The topological polar surface area (TPSA) is 17.0 Å². The molecule has 26 heavy (non-hydrogen) atoms. The van der Waals surface area contributed by atoms with Crippen LogP contribution < -0.4 is 4.57 Å². The maximum absolute atomic E-state index is 5.82.